The zero-order chi connectivity index (χ0) is 20.2. The van der Waals surface area contributed by atoms with Gasteiger partial charge in [-0.25, -0.2) is 0 Å². The molecule has 6 N–H and O–H groups in total. The fourth-order valence-electron chi connectivity index (χ4n) is 4.93. The topological polar surface area (TPSA) is 125 Å². The number of carbonyl (C=O) groups is 1. The van der Waals surface area contributed by atoms with Crippen LogP contribution in [0.4, 0.5) is 17.5 Å². The Labute approximate surface area is 172 Å². The third-order valence-electron chi connectivity index (χ3n) is 6.32. The van der Waals surface area contributed by atoms with Crippen molar-refractivity contribution in [3.8, 4) is 0 Å². The predicted molar refractivity (Wildman–Crippen MR) is 116 cm³/mol. The molecule has 4 aromatic rings. The molecule has 3 aromatic heterocycles. The molecular formula is C22H21N7O. The molecule has 3 heterocycles. The number of rotatable bonds is 5. The lowest BCUT2D eigenvalue weighted by atomic mass is 9.88. The Hall–Kier alpha value is -3.81. The predicted octanol–water partition coefficient (Wildman–Crippen LogP) is 3.27. The summed E-state index contributed by atoms with van der Waals surface area (Å²) in [6.07, 6.45) is 9.01. The number of amides is 1. The van der Waals surface area contributed by atoms with Crippen molar-refractivity contribution < 1.29 is 4.79 Å². The van der Waals surface area contributed by atoms with Gasteiger partial charge in [-0.1, -0.05) is 12.2 Å². The van der Waals surface area contributed by atoms with Crippen LogP contribution in [0.1, 0.15) is 6.42 Å². The van der Waals surface area contributed by atoms with E-state index in [1.165, 1.54) is 0 Å². The molecule has 0 radical (unpaired) electrons. The van der Waals surface area contributed by atoms with Crippen LogP contribution < -0.4 is 16.4 Å². The molecule has 2 aliphatic rings. The molecule has 1 fully saturated rings. The number of H-pyrrole nitrogens is 2. The van der Waals surface area contributed by atoms with Gasteiger partial charge >= 0.3 is 0 Å². The monoisotopic (exact) mass is 399 g/mol. The van der Waals surface area contributed by atoms with Gasteiger partial charge in [0.05, 0.1) is 11.3 Å². The van der Waals surface area contributed by atoms with E-state index < -0.39 is 0 Å². The largest absolute Gasteiger partial charge is 0.369 e. The second-order valence-corrected chi connectivity index (χ2v) is 8.09. The van der Waals surface area contributed by atoms with Gasteiger partial charge in [0.1, 0.15) is 11.5 Å². The van der Waals surface area contributed by atoms with Crippen molar-refractivity contribution in [3.63, 3.8) is 0 Å². The van der Waals surface area contributed by atoms with Crippen LogP contribution in [0.3, 0.4) is 0 Å². The van der Waals surface area contributed by atoms with E-state index in [2.05, 4.69) is 37.7 Å². The summed E-state index contributed by atoms with van der Waals surface area (Å²) in [7, 11) is 0. The Kier molecular flexibility index (Phi) is 3.61. The number of fused-ring (bicyclic) bond motifs is 4. The number of allylic oxidation sites excluding steroid dienone is 1. The van der Waals surface area contributed by atoms with Crippen molar-refractivity contribution in [2.24, 2.45) is 23.5 Å². The van der Waals surface area contributed by atoms with E-state index in [9.17, 15) is 4.79 Å². The number of primary amides is 1. The molecule has 4 atom stereocenters. The summed E-state index contributed by atoms with van der Waals surface area (Å²) >= 11 is 0. The number of hydrogen-bond acceptors (Lipinski definition) is 5. The first-order valence-corrected chi connectivity index (χ1v) is 10.1. The van der Waals surface area contributed by atoms with E-state index in [-0.39, 0.29) is 29.7 Å². The molecule has 8 heteroatoms. The Bertz CT molecular complexity index is 1300. The highest BCUT2D eigenvalue weighted by molar-refractivity contribution is 5.90. The summed E-state index contributed by atoms with van der Waals surface area (Å²) in [4.78, 5) is 27.8. The number of nitrogens with two attached hydrogens (primary N) is 1. The highest BCUT2D eigenvalue weighted by Gasteiger charge is 2.47. The van der Waals surface area contributed by atoms with E-state index in [4.69, 9.17) is 10.7 Å². The van der Waals surface area contributed by atoms with Crippen LogP contribution in [0.5, 0.6) is 0 Å². The molecule has 150 valence electrons. The number of benzene rings is 1. The van der Waals surface area contributed by atoms with Gasteiger partial charge in [-0.05, 0) is 48.6 Å². The van der Waals surface area contributed by atoms with E-state index in [1.54, 1.807) is 0 Å². The minimum Gasteiger partial charge on any atom is -0.369 e. The second-order valence-electron chi connectivity index (χ2n) is 8.09. The average Bonchev–Trinajstić information content (AvgIpc) is 3.50. The number of nitrogens with zero attached hydrogens (tertiary/aromatic N) is 2. The lowest BCUT2D eigenvalue weighted by molar-refractivity contribution is -0.122. The minimum atomic E-state index is -0.262. The standard InChI is InChI=1S/C22H21N7O/c23-19(30)17-12-1-2-13(9-12)18(17)27-21-15-6-8-25-20(15)28-22(29-21)26-14-3-4-16-11(10-14)5-7-24-16/h1-8,10,12-13,17-18,24H,9H2,(H2,23,30)(H3,25,26,27,28,29). The summed E-state index contributed by atoms with van der Waals surface area (Å²) in [6, 6.07) is 9.95. The number of carbonyl (C=O) groups excluding carboxylic acids is 1. The Morgan fingerprint density at radius 3 is 2.83 bits per heavy atom. The molecule has 2 bridgehead atoms. The van der Waals surface area contributed by atoms with Gasteiger partial charge < -0.3 is 26.3 Å². The maximum Gasteiger partial charge on any atom is 0.231 e. The van der Waals surface area contributed by atoms with Crippen molar-refractivity contribution in [1.82, 2.24) is 19.9 Å². The lowest BCUT2D eigenvalue weighted by Gasteiger charge is -2.27. The molecule has 1 amide bonds. The molecule has 30 heavy (non-hydrogen) atoms. The maximum absolute atomic E-state index is 12.1. The van der Waals surface area contributed by atoms with Gasteiger partial charge in [-0.15, -0.1) is 0 Å². The Balaban J connectivity index is 1.35. The van der Waals surface area contributed by atoms with Gasteiger partial charge in [-0.3, -0.25) is 4.79 Å². The van der Waals surface area contributed by atoms with Crippen molar-refractivity contribution in [2.75, 3.05) is 10.6 Å². The molecule has 2 aliphatic carbocycles. The zero-order valence-electron chi connectivity index (χ0n) is 16.1. The third-order valence-corrected chi connectivity index (χ3v) is 6.32. The average molecular weight is 399 g/mol. The number of hydrogen-bond donors (Lipinski definition) is 5. The van der Waals surface area contributed by atoms with Crippen LogP contribution in [-0.2, 0) is 4.79 Å². The van der Waals surface area contributed by atoms with Crippen LogP contribution in [-0.4, -0.2) is 31.9 Å². The minimum absolute atomic E-state index is 0.0606. The Morgan fingerprint density at radius 2 is 1.93 bits per heavy atom. The van der Waals surface area contributed by atoms with E-state index in [0.29, 0.717) is 11.8 Å². The first kappa shape index (κ1) is 17.1. The van der Waals surface area contributed by atoms with Gasteiger partial charge in [0, 0.05) is 35.0 Å². The molecule has 1 aromatic carbocycles. The van der Waals surface area contributed by atoms with Crippen molar-refractivity contribution in [2.45, 2.75) is 12.5 Å². The summed E-state index contributed by atoms with van der Waals surface area (Å²) in [5.41, 5.74) is 8.43. The molecular weight excluding hydrogens is 378 g/mol. The smallest absolute Gasteiger partial charge is 0.231 e. The molecule has 0 spiro atoms. The highest BCUT2D eigenvalue weighted by atomic mass is 16.1. The molecule has 4 unspecified atom stereocenters. The Morgan fingerprint density at radius 1 is 1.07 bits per heavy atom. The quantitative estimate of drug-likeness (QED) is 0.330. The van der Waals surface area contributed by atoms with Crippen LogP contribution in [0, 0.1) is 17.8 Å². The van der Waals surface area contributed by atoms with Crippen LogP contribution in [0.2, 0.25) is 0 Å². The first-order chi connectivity index (χ1) is 14.7. The van der Waals surface area contributed by atoms with Crippen LogP contribution >= 0.6 is 0 Å². The van der Waals surface area contributed by atoms with Gasteiger partial charge in [0.2, 0.25) is 11.9 Å². The maximum atomic E-state index is 12.1. The number of aromatic amines is 2. The molecule has 8 nitrogen and oxygen atoms in total. The SMILES string of the molecule is NC(=O)C1C2C=CC(C2)C1Nc1nc(Nc2ccc3[nH]ccc3c2)nc2[nH]ccc12. The summed E-state index contributed by atoms with van der Waals surface area (Å²) in [6.45, 7) is 0. The summed E-state index contributed by atoms with van der Waals surface area (Å²) in [5, 5.41) is 8.81. The summed E-state index contributed by atoms with van der Waals surface area (Å²) in [5.74, 6) is 1.18. The van der Waals surface area contributed by atoms with E-state index in [1.807, 2.05) is 42.7 Å². The lowest BCUT2D eigenvalue weighted by Crippen LogP contribution is -2.41. The fourth-order valence-corrected chi connectivity index (χ4v) is 4.93. The molecule has 1 saturated carbocycles. The van der Waals surface area contributed by atoms with Crippen LogP contribution in [0.15, 0.2) is 54.9 Å². The molecule has 0 aliphatic heterocycles. The fraction of sp³-hybridized carbons (Fsp3) is 0.227. The highest BCUT2D eigenvalue weighted by Crippen LogP contribution is 2.45. The first-order valence-electron chi connectivity index (χ1n) is 10.1. The normalized spacial score (nSPS) is 24.7. The van der Waals surface area contributed by atoms with Gasteiger partial charge in [-0.2, -0.15) is 9.97 Å². The number of aromatic nitrogens is 4. The summed E-state index contributed by atoms with van der Waals surface area (Å²) < 4.78 is 0. The third kappa shape index (κ3) is 2.64. The molecule has 6 rings (SSSR count). The number of nitrogens with one attached hydrogen (secondary N) is 4. The second kappa shape index (κ2) is 6.35. The van der Waals surface area contributed by atoms with Crippen molar-refractivity contribution >= 4 is 45.3 Å². The van der Waals surface area contributed by atoms with E-state index in [0.717, 1.165) is 34.0 Å². The van der Waals surface area contributed by atoms with Gasteiger partial charge in [0.25, 0.3) is 0 Å². The van der Waals surface area contributed by atoms with Gasteiger partial charge in [0.15, 0.2) is 0 Å². The van der Waals surface area contributed by atoms with E-state index >= 15 is 0 Å². The number of anilines is 3. The van der Waals surface area contributed by atoms with Crippen molar-refractivity contribution in [1.29, 1.82) is 0 Å². The zero-order valence-corrected chi connectivity index (χ0v) is 16.1. The molecule has 0 saturated heterocycles. The van der Waals surface area contributed by atoms with Crippen LogP contribution in [0.25, 0.3) is 21.9 Å². The van der Waals surface area contributed by atoms with Crippen molar-refractivity contribution in [3.05, 3.63) is 54.9 Å².